The number of benzene rings is 1. The lowest BCUT2D eigenvalue weighted by Crippen LogP contribution is -2.62. The van der Waals surface area contributed by atoms with E-state index >= 15 is 0 Å². The molecular weight excluding hydrogens is 468 g/mol. The molecule has 3 heterocycles. The zero-order valence-corrected chi connectivity index (χ0v) is 20.4. The maximum atomic E-state index is 13.1. The zero-order valence-electron chi connectivity index (χ0n) is 20.4. The molecule has 0 spiro atoms. The van der Waals surface area contributed by atoms with Gasteiger partial charge >= 0.3 is 0 Å². The highest BCUT2D eigenvalue weighted by atomic mass is 19.3. The molecule has 36 heavy (non-hydrogen) atoms. The first-order chi connectivity index (χ1) is 17.3. The Balaban J connectivity index is 1.07. The fraction of sp³-hybridized carbons (Fsp3) is 0.630. The first-order valence-electron chi connectivity index (χ1n) is 13.1. The maximum Gasteiger partial charge on any atom is 0.255 e. The number of carbonyl (C=O) groups excluding carboxylic acids is 2. The van der Waals surface area contributed by atoms with Crippen LogP contribution in [-0.4, -0.2) is 71.0 Å². The van der Waals surface area contributed by atoms with Crippen LogP contribution in [0.4, 0.5) is 8.78 Å². The van der Waals surface area contributed by atoms with Crippen LogP contribution in [0.3, 0.4) is 0 Å². The second kappa shape index (κ2) is 9.10. The molecule has 0 aromatic heterocycles. The summed E-state index contributed by atoms with van der Waals surface area (Å²) in [5.41, 5.74) is 2.21. The van der Waals surface area contributed by atoms with Crippen molar-refractivity contribution in [2.75, 3.05) is 13.1 Å². The summed E-state index contributed by atoms with van der Waals surface area (Å²) in [6.07, 6.45) is 4.94. The maximum absolute atomic E-state index is 13.1. The van der Waals surface area contributed by atoms with E-state index in [9.17, 15) is 18.4 Å². The number of nitrogens with zero attached hydrogens (tertiary/aromatic N) is 2. The van der Waals surface area contributed by atoms with Gasteiger partial charge in [0.15, 0.2) is 0 Å². The van der Waals surface area contributed by atoms with Crippen molar-refractivity contribution < 1.29 is 27.8 Å². The Kier molecular flexibility index (Phi) is 6.03. The van der Waals surface area contributed by atoms with Crippen LogP contribution in [-0.2, 0) is 16.1 Å². The van der Waals surface area contributed by atoms with Crippen molar-refractivity contribution in [1.29, 1.82) is 0 Å². The van der Waals surface area contributed by atoms with Crippen molar-refractivity contribution in [2.45, 2.75) is 94.2 Å². The molecule has 1 aromatic rings. The van der Waals surface area contributed by atoms with Crippen LogP contribution in [0.15, 0.2) is 30.5 Å². The largest absolute Gasteiger partial charge is 0.489 e. The molecule has 2 aliphatic carbocycles. The van der Waals surface area contributed by atoms with Crippen LogP contribution in [0.2, 0.25) is 0 Å². The number of nitrogens with one attached hydrogen (secondary N) is 1. The molecule has 3 aliphatic heterocycles. The van der Waals surface area contributed by atoms with E-state index in [-0.39, 0.29) is 49.0 Å². The van der Waals surface area contributed by atoms with Gasteiger partial charge in [0, 0.05) is 49.8 Å². The van der Waals surface area contributed by atoms with Gasteiger partial charge in [0.05, 0.1) is 12.2 Å². The fourth-order valence-corrected chi connectivity index (χ4v) is 6.31. The molecule has 3 atom stereocenters. The summed E-state index contributed by atoms with van der Waals surface area (Å²) in [4.78, 5) is 29.5. The highest BCUT2D eigenvalue weighted by Crippen LogP contribution is 2.41. The minimum atomic E-state index is -2.55. The molecule has 1 unspecified atom stereocenters. The summed E-state index contributed by atoms with van der Waals surface area (Å²) in [5.74, 6) is -2.09. The van der Waals surface area contributed by atoms with E-state index in [4.69, 9.17) is 9.47 Å². The molecule has 6 rings (SSSR count). The summed E-state index contributed by atoms with van der Waals surface area (Å²) in [5, 5.41) is 2.77. The highest BCUT2D eigenvalue weighted by Gasteiger charge is 2.49. The van der Waals surface area contributed by atoms with Crippen LogP contribution in [0.5, 0.6) is 5.75 Å². The minimum Gasteiger partial charge on any atom is -0.489 e. The van der Waals surface area contributed by atoms with Gasteiger partial charge in [0.2, 0.25) is 5.91 Å². The van der Waals surface area contributed by atoms with Crippen LogP contribution in [0.25, 0.3) is 0 Å². The number of likely N-dealkylation sites (tertiary alicyclic amines) is 1. The van der Waals surface area contributed by atoms with Crippen LogP contribution >= 0.6 is 0 Å². The SMILES string of the molecule is C=C1CCC(N2Cc3cc(O[C@H]4CCCC[C@@H]4N4CC(OC5CC(F)(F)C5)C4)ccc3C2=O)C(=O)N1. The zero-order chi connectivity index (χ0) is 25.0. The van der Waals surface area contributed by atoms with E-state index < -0.39 is 12.0 Å². The number of carbonyl (C=O) groups is 2. The van der Waals surface area contributed by atoms with Gasteiger partial charge in [-0.3, -0.25) is 14.5 Å². The number of hydrogen-bond acceptors (Lipinski definition) is 5. The first-order valence-corrected chi connectivity index (χ1v) is 13.1. The van der Waals surface area contributed by atoms with Gasteiger partial charge in [0.25, 0.3) is 11.8 Å². The van der Waals surface area contributed by atoms with Gasteiger partial charge in [0.1, 0.15) is 17.9 Å². The number of amides is 2. The Bertz CT molecular complexity index is 1070. The molecule has 1 aromatic carbocycles. The Morgan fingerprint density at radius 2 is 1.83 bits per heavy atom. The smallest absolute Gasteiger partial charge is 0.255 e. The highest BCUT2D eigenvalue weighted by molar-refractivity contribution is 6.01. The van der Waals surface area contributed by atoms with Gasteiger partial charge in [-0.2, -0.15) is 0 Å². The predicted molar refractivity (Wildman–Crippen MR) is 128 cm³/mol. The molecule has 194 valence electrons. The van der Waals surface area contributed by atoms with Crippen LogP contribution in [0, 0.1) is 0 Å². The van der Waals surface area contributed by atoms with Crippen molar-refractivity contribution in [2.24, 2.45) is 0 Å². The molecular formula is C27H33F2N3O4. The van der Waals surface area contributed by atoms with Crippen LogP contribution < -0.4 is 10.1 Å². The Morgan fingerprint density at radius 1 is 1.06 bits per heavy atom. The molecule has 2 amide bonds. The number of alkyl halides is 2. The van der Waals surface area contributed by atoms with E-state index in [2.05, 4.69) is 16.8 Å². The molecule has 1 N–H and O–H groups in total. The fourth-order valence-electron chi connectivity index (χ4n) is 6.31. The summed E-state index contributed by atoms with van der Waals surface area (Å²) >= 11 is 0. The van der Waals surface area contributed by atoms with E-state index in [0.29, 0.717) is 30.6 Å². The molecule has 7 nitrogen and oxygen atoms in total. The van der Waals surface area contributed by atoms with Gasteiger partial charge in [-0.25, -0.2) is 8.78 Å². The average Bonchev–Trinajstić information content (AvgIpc) is 3.11. The van der Waals surface area contributed by atoms with Crippen molar-refractivity contribution in [3.05, 3.63) is 41.6 Å². The Labute approximate surface area is 209 Å². The van der Waals surface area contributed by atoms with E-state index in [0.717, 1.165) is 50.1 Å². The minimum absolute atomic E-state index is 0.0276. The lowest BCUT2D eigenvalue weighted by molar-refractivity contribution is -0.207. The van der Waals surface area contributed by atoms with Crippen molar-refractivity contribution >= 4 is 11.8 Å². The number of piperidine rings is 1. The third kappa shape index (κ3) is 4.52. The first kappa shape index (κ1) is 23.9. The number of allylic oxidation sites excluding steroid dienone is 1. The van der Waals surface area contributed by atoms with Gasteiger partial charge in [-0.1, -0.05) is 13.0 Å². The third-order valence-corrected chi connectivity index (χ3v) is 8.35. The number of rotatable bonds is 6. The number of fused-ring (bicyclic) bond motifs is 1. The Hall–Kier alpha value is -2.52. The lowest BCUT2D eigenvalue weighted by Gasteiger charge is -2.50. The van der Waals surface area contributed by atoms with Gasteiger partial charge in [-0.05, 0) is 55.9 Å². The summed E-state index contributed by atoms with van der Waals surface area (Å²) in [6, 6.07) is 5.40. The van der Waals surface area contributed by atoms with E-state index in [1.807, 2.05) is 18.2 Å². The molecule has 5 aliphatic rings. The van der Waals surface area contributed by atoms with E-state index in [1.54, 1.807) is 4.90 Å². The molecule has 0 radical (unpaired) electrons. The second-order valence-electron chi connectivity index (χ2n) is 11.0. The number of hydrogen-bond donors (Lipinski definition) is 1. The van der Waals surface area contributed by atoms with Gasteiger partial charge in [-0.15, -0.1) is 0 Å². The number of halogens is 2. The quantitative estimate of drug-likeness (QED) is 0.645. The normalized spacial score (nSPS) is 31.0. The summed E-state index contributed by atoms with van der Waals surface area (Å²) in [6.45, 7) is 5.74. The predicted octanol–water partition coefficient (Wildman–Crippen LogP) is 3.62. The van der Waals surface area contributed by atoms with Gasteiger partial charge < -0.3 is 19.7 Å². The topological polar surface area (TPSA) is 71.1 Å². The molecule has 2 saturated carbocycles. The second-order valence-corrected chi connectivity index (χ2v) is 11.0. The van der Waals surface area contributed by atoms with Crippen LogP contribution in [0.1, 0.15) is 67.3 Å². The summed E-state index contributed by atoms with van der Waals surface area (Å²) < 4.78 is 38.5. The monoisotopic (exact) mass is 501 g/mol. The third-order valence-electron chi connectivity index (χ3n) is 8.35. The summed E-state index contributed by atoms with van der Waals surface area (Å²) in [7, 11) is 0. The lowest BCUT2D eigenvalue weighted by atomic mass is 9.88. The van der Waals surface area contributed by atoms with E-state index in [1.165, 1.54) is 0 Å². The Morgan fingerprint density at radius 3 is 2.58 bits per heavy atom. The standard InChI is InChI=1S/C27H33F2N3O4/c1-16-6-9-23(25(33)30-16)32-13-17-10-18(7-8-21(17)26(32)34)36-24-5-3-2-4-22(24)31-14-20(15-31)35-19-11-27(28,29)12-19/h7-8,10,19-20,22-24H,1-6,9,11-15H2,(H,30,33)/t22-,23?,24-/m0/s1. The molecule has 4 fully saturated rings. The molecule has 0 bridgehead atoms. The van der Waals surface area contributed by atoms with Crippen molar-refractivity contribution in [1.82, 2.24) is 15.1 Å². The van der Waals surface area contributed by atoms with Crippen molar-refractivity contribution in [3.63, 3.8) is 0 Å². The average molecular weight is 502 g/mol. The molecule has 2 saturated heterocycles. The molecule has 9 heteroatoms. The number of ether oxygens (including phenoxy) is 2. The van der Waals surface area contributed by atoms with Crippen molar-refractivity contribution in [3.8, 4) is 5.75 Å².